The molecule has 0 radical (unpaired) electrons. The van der Waals surface area contributed by atoms with Gasteiger partial charge in [-0.2, -0.15) is 0 Å². The van der Waals surface area contributed by atoms with Crippen LogP contribution in [0.5, 0.6) is 0 Å². The minimum Gasteiger partial charge on any atom is -0.312 e. The van der Waals surface area contributed by atoms with E-state index in [0.717, 1.165) is 18.4 Å². The number of benzene rings is 1. The summed E-state index contributed by atoms with van der Waals surface area (Å²) in [4.78, 5) is 0. The van der Waals surface area contributed by atoms with E-state index in [0.29, 0.717) is 5.41 Å². The van der Waals surface area contributed by atoms with Gasteiger partial charge in [0, 0.05) is 16.6 Å². The Kier molecular flexibility index (Phi) is 3.75. The minimum atomic E-state index is 0.216. The maximum atomic E-state index is 3.77. The van der Waals surface area contributed by atoms with E-state index in [-0.39, 0.29) is 5.54 Å². The first kappa shape index (κ1) is 14.6. The normalized spacial score (nSPS) is 32.2. The second-order valence-electron chi connectivity index (χ2n) is 8.04. The lowest BCUT2D eigenvalue weighted by Crippen LogP contribution is -2.44. The van der Waals surface area contributed by atoms with Crippen LogP contribution >= 0.6 is 15.9 Å². The third-order valence-electron chi connectivity index (χ3n) is 4.98. The van der Waals surface area contributed by atoms with Gasteiger partial charge in [0.2, 0.25) is 0 Å². The predicted molar refractivity (Wildman–Crippen MR) is 88.9 cm³/mol. The van der Waals surface area contributed by atoms with Gasteiger partial charge in [-0.25, -0.2) is 0 Å². The van der Waals surface area contributed by atoms with E-state index in [4.69, 9.17) is 0 Å². The highest BCUT2D eigenvalue weighted by Crippen LogP contribution is 2.60. The molecule has 1 aromatic carbocycles. The first-order valence-electron chi connectivity index (χ1n) is 7.85. The number of hydrogen-bond acceptors (Lipinski definition) is 1. The van der Waals surface area contributed by atoms with E-state index in [1.165, 1.54) is 35.7 Å². The zero-order chi connectivity index (χ0) is 14.4. The predicted octanol–water partition coefficient (Wildman–Crippen LogP) is 4.80. The molecule has 2 heteroatoms. The summed E-state index contributed by atoms with van der Waals surface area (Å²) >= 11 is 3.72. The fourth-order valence-electron chi connectivity index (χ4n) is 3.86. The molecule has 1 nitrogen and oxygen atoms in total. The Morgan fingerprint density at radius 2 is 1.85 bits per heavy atom. The van der Waals surface area contributed by atoms with Crippen molar-refractivity contribution in [2.24, 2.45) is 17.3 Å². The summed E-state index contributed by atoms with van der Waals surface area (Å²) in [5.41, 5.74) is 2.17. The third kappa shape index (κ3) is 3.28. The fourth-order valence-corrected chi connectivity index (χ4v) is 4.28. The molecule has 0 amide bonds. The van der Waals surface area contributed by atoms with Crippen molar-refractivity contribution >= 4 is 15.9 Å². The molecule has 2 aliphatic rings. The van der Waals surface area contributed by atoms with Gasteiger partial charge in [0.1, 0.15) is 0 Å². The van der Waals surface area contributed by atoms with E-state index in [9.17, 15) is 0 Å². The van der Waals surface area contributed by atoms with Crippen LogP contribution in [0.25, 0.3) is 0 Å². The molecule has 1 N–H and O–H groups in total. The molecule has 0 aliphatic heterocycles. The number of rotatable bonds is 4. The lowest BCUT2D eigenvalue weighted by Gasteiger charge is -2.35. The van der Waals surface area contributed by atoms with Crippen LogP contribution in [0.2, 0.25) is 0 Å². The van der Waals surface area contributed by atoms with Crippen molar-refractivity contribution in [1.29, 1.82) is 0 Å². The van der Waals surface area contributed by atoms with E-state index in [1.807, 2.05) is 0 Å². The van der Waals surface area contributed by atoms with Gasteiger partial charge in [0.05, 0.1) is 0 Å². The van der Waals surface area contributed by atoms with Crippen LogP contribution in [0.3, 0.4) is 0 Å². The van der Waals surface area contributed by atoms with Crippen LogP contribution in [-0.2, 0) is 6.42 Å². The molecular formula is C18H26BrN. The molecule has 1 aromatic rings. The van der Waals surface area contributed by atoms with Gasteiger partial charge in [-0.1, -0.05) is 34.1 Å². The Labute approximate surface area is 131 Å². The van der Waals surface area contributed by atoms with Gasteiger partial charge in [0.25, 0.3) is 0 Å². The topological polar surface area (TPSA) is 12.0 Å². The number of halogens is 1. The molecule has 3 rings (SSSR count). The standard InChI is InChI=1S/C18H26BrN/c1-17(2,3)20-12-18(10-14-8-15(14)11-18)9-13-6-4-5-7-16(13)19/h4-7,14-15,20H,8-12H2,1-3H3. The Bertz CT molecular complexity index is 478. The van der Waals surface area contributed by atoms with E-state index >= 15 is 0 Å². The highest BCUT2D eigenvalue weighted by molar-refractivity contribution is 9.10. The zero-order valence-electron chi connectivity index (χ0n) is 12.9. The first-order valence-corrected chi connectivity index (χ1v) is 8.65. The van der Waals surface area contributed by atoms with Gasteiger partial charge in [-0.15, -0.1) is 0 Å². The molecule has 2 atom stereocenters. The second kappa shape index (κ2) is 5.14. The average molecular weight is 336 g/mol. The van der Waals surface area contributed by atoms with E-state index in [2.05, 4.69) is 66.3 Å². The average Bonchev–Trinajstić information content (AvgIpc) is 2.98. The first-order chi connectivity index (χ1) is 9.37. The van der Waals surface area contributed by atoms with Crippen LogP contribution in [0.1, 0.15) is 45.6 Å². The van der Waals surface area contributed by atoms with Crippen molar-refractivity contribution in [3.05, 3.63) is 34.3 Å². The molecule has 110 valence electrons. The number of fused-ring (bicyclic) bond motifs is 1. The van der Waals surface area contributed by atoms with Gasteiger partial charge in [-0.3, -0.25) is 0 Å². The van der Waals surface area contributed by atoms with Gasteiger partial charge in [-0.05, 0) is 75.3 Å². The van der Waals surface area contributed by atoms with Gasteiger partial charge in [0.15, 0.2) is 0 Å². The lowest BCUT2D eigenvalue weighted by atomic mass is 9.77. The van der Waals surface area contributed by atoms with Crippen LogP contribution in [0.15, 0.2) is 28.7 Å². The molecule has 20 heavy (non-hydrogen) atoms. The summed E-state index contributed by atoms with van der Waals surface area (Å²) in [5, 5.41) is 3.77. The molecule has 0 saturated heterocycles. The summed E-state index contributed by atoms with van der Waals surface area (Å²) in [6.07, 6.45) is 5.54. The summed E-state index contributed by atoms with van der Waals surface area (Å²) in [5.74, 6) is 2.05. The van der Waals surface area contributed by atoms with Gasteiger partial charge < -0.3 is 5.32 Å². The molecule has 0 spiro atoms. The highest BCUT2D eigenvalue weighted by Gasteiger charge is 2.53. The number of hydrogen-bond donors (Lipinski definition) is 1. The molecule has 0 bridgehead atoms. The Morgan fingerprint density at radius 1 is 1.20 bits per heavy atom. The summed E-state index contributed by atoms with van der Waals surface area (Å²) < 4.78 is 1.27. The molecular weight excluding hydrogens is 310 g/mol. The Balaban J connectivity index is 1.75. The SMILES string of the molecule is CC(C)(C)NCC1(Cc2ccccc2Br)CC2CC2C1. The van der Waals surface area contributed by atoms with Crippen LogP contribution < -0.4 is 5.32 Å². The number of nitrogens with one attached hydrogen (secondary N) is 1. The maximum Gasteiger partial charge on any atom is 0.0207 e. The van der Waals surface area contributed by atoms with Crippen molar-refractivity contribution in [2.45, 2.75) is 52.0 Å². The van der Waals surface area contributed by atoms with Crippen LogP contribution in [0, 0.1) is 17.3 Å². The molecule has 2 aliphatic carbocycles. The van der Waals surface area contributed by atoms with Crippen molar-refractivity contribution in [3.63, 3.8) is 0 Å². The summed E-state index contributed by atoms with van der Waals surface area (Å²) in [7, 11) is 0. The molecule has 2 saturated carbocycles. The molecule has 2 unspecified atom stereocenters. The molecule has 0 aromatic heterocycles. The molecule has 0 heterocycles. The summed E-state index contributed by atoms with van der Waals surface area (Å²) in [6.45, 7) is 7.98. The lowest BCUT2D eigenvalue weighted by molar-refractivity contribution is 0.222. The third-order valence-corrected chi connectivity index (χ3v) is 5.75. The van der Waals surface area contributed by atoms with Crippen molar-refractivity contribution < 1.29 is 0 Å². The van der Waals surface area contributed by atoms with Crippen molar-refractivity contribution in [3.8, 4) is 0 Å². The largest absolute Gasteiger partial charge is 0.312 e. The Morgan fingerprint density at radius 3 is 2.45 bits per heavy atom. The van der Waals surface area contributed by atoms with Crippen molar-refractivity contribution in [2.75, 3.05) is 6.54 Å². The molecule has 2 fully saturated rings. The van der Waals surface area contributed by atoms with E-state index < -0.39 is 0 Å². The highest BCUT2D eigenvalue weighted by atomic mass is 79.9. The summed E-state index contributed by atoms with van der Waals surface area (Å²) in [6, 6.07) is 8.74. The zero-order valence-corrected chi connectivity index (χ0v) is 14.5. The monoisotopic (exact) mass is 335 g/mol. The Hall–Kier alpha value is -0.340. The smallest absolute Gasteiger partial charge is 0.0207 e. The van der Waals surface area contributed by atoms with Crippen molar-refractivity contribution in [1.82, 2.24) is 5.32 Å². The maximum absolute atomic E-state index is 3.77. The minimum absolute atomic E-state index is 0.216. The van der Waals surface area contributed by atoms with E-state index in [1.54, 1.807) is 0 Å². The van der Waals surface area contributed by atoms with Crippen LogP contribution in [-0.4, -0.2) is 12.1 Å². The van der Waals surface area contributed by atoms with Crippen LogP contribution in [0.4, 0.5) is 0 Å². The second-order valence-corrected chi connectivity index (χ2v) is 8.89. The van der Waals surface area contributed by atoms with Gasteiger partial charge >= 0.3 is 0 Å². The fraction of sp³-hybridized carbons (Fsp3) is 0.667. The quantitative estimate of drug-likeness (QED) is 0.833.